The molecule has 0 spiro atoms. The van der Waals surface area contributed by atoms with Crippen LogP contribution < -0.4 is 5.73 Å². The van der Waals surface area contributed by atoms with Crippen molar-refractivity contribution in [2.45, 2.75) is 33.4 Å². The van der Waals surface area contributed by atoms with Gasteiger partial charge in [-0.1, -0.05) is 12.1 Å². The van der Waals surface area contributed by atoms with Gasteiger partial charge < -0.3 is 14.9 Å². The summed E-state index contributed by atoms with van der Waals surface area (Å²) < 4.78 is 11.7. The monoisotopic (exact) mass is 280 g/mol. The average Bonchev–Trinajstić information content (AvgIpc) is 3.05. The summed E-state index contributed by atoms with van der Waals surface area (Å²) in [6, 6.07) is 0. The molecule has 20 heavy (non-hydrogen) atoms. The summed E-state index contributed by atoms with van der Waals surface area (Å²) in [5.74, 6) is 0.385. The van der Waals surface area contributed by atoms with Gasteiger partial charge in [-0.3, -0.25) is 0 Å². The molecule has 0 aliphatic heterocycles. The first-order valence-corrected chi connectivity index (χ1v) is 6.30. The number of carbonyl (C=O) groups excluding carboxylic acids is 1. The Balaban J connectivity index is 2.21. The van der Waals surface area contributed by atoms with Gasteiger partial charge in [-0.2, -0.15) is 0 Å². The molecule has 108 valence electrons. The zero-order valence-electron chi connectivity index (χ0n) is 11.4. The molecule has 0 saturated carbocycles. The second kappa shape index (κ2) is 6.24. The fraction of sp³-hybridized carbons (Fsp3) is 0.545. The van der Waals surface area contributed by atoms with E-state index in [0.29, 0.717) is 23.9 Å². The second-order valence-electron chi connectivity index (χ2n) is 3.91. The quantitative estimate of drug-likeness (QED) is 0.728. The lowest BCUT2D eigenvalue weighted by Gasteiger charge is -2.03. The van der Waals surface area contributed by atoms with E-state index < -0.39 is 5.97 Å². The topological polar surface area (TPSA) is 122 Å². The zero-order chi connectivity index (χ0) is 14.5. The third-order valence-electron chi connectivity index (χ3n) is 2.60. The van der Waals surface area contributed by atoms with E-state index in [1.165, 1.54) is 4.68 Å². The Morgan fingerprint density at radius 1 is 1.30 bits per heavy atom. The van der Waals surface area contributed by atoms with Crippen molar-refractivity contribution in [1.82, 2.24) is 25.2 Å². The van der Waals surface area contributed by atoms with E-state index in [9.17, 15) is 4.79 Å². The van der Waals surface area contributed by atoms with Gasteiger partial charge in [0, 0.05) is 13.0 Å². The summed E-state index contributed by atoms with van der Waals surface area (Å²) in [6.07, 6.45) is 0.655. The van der Waals surface area contributed by atoms with Crippen LogP contribution in [0.1, 0.15) is 41.8 Å². The first kappa shape index (κ1) is 14.1. The fourth-order valence-corrected chi connectivity index (χ4v) is 1.64. The highest BCUT2D eigenvalue weighted by atomic mass is 16.5. The number of nitrogens with two attached hydrogens (primary N) is 1. The highest BCUT2D eigenvalue weighted by Gasteiger charge is 2.20. The molecule has 2 rings (SSSR count). The molecule has 0 aliphatic carbocycles. The summed E-state index contributed by atoms with van der Waals surface area (Å²) in [5.41, 5.74) is 6.23. The van der Waals surface area contributed by atoms with Gasteiger partial charge in [-0.15, -0.1) is 15.3 Å². The van der Waals surface area contributed by atoms with E-state index in [-0.39, 0.29) is 25.4 Å². The minimum Gasteiger partial charge on any atom is -0.461 e. The molecule has 0 saturated heterocycles. The molecule has 2 heterocycles. The molecule has 0 aliphatic rings. The van der Waals surface area contributed by atoms with Gasteiger partial charge in [0.1, 0.15) is 6.54 Å². The molecule has 0 aromatic carbocycles. The number of aryl methyl sites for hydroxylation is 1. The van der Waals surface area contributed by atoms with Crippen molar-refractivity contribution in [3.8, 4) is 0 Å². The Morgan fingerprint density at radius 2 is 2.05 bits per heavy atom. The Labute approximate surface area is 115 Å². The lowest BCUT2D eigenvalue weighted by Crippen LogP contribution is -2.15. The summed E-state index contributed by atoms with van der Waals surface area (Å²) in [4.78, 5) is 11.7. The van der Waals surface area contributed by atoms with Crippen LogP contribution in [0, 0.1) is 0 Å². The van der Waals surface area contributed by atoms with Crippen molar-refractivity contribution in [2.24, 2.45) is 5.73 Å². The van der Waals surface area contributed by atoms with Crippen LogP contribution in [-0.2, 0) is 24.2 Å². The third kappa shape index (κ3) is 2.82. The molecular weight excluding hydrogens is 264 g/mol. The van der Waals surface area contributed by atoms with Gasteiger partial charge in [-0.05, 0) is 6.92 Å². The lowest BCUT2D eigenvalue weighted by atomic mass is 10.3. The number of ether oxygens (including phenoxy) is 1. The molecule has 2 aromatic rings. The normalized spacial score (nSPS) is 10.8. The van der Waals surface area contributed by atoms with E-state index in [1.54, 1.807) is 6.92 Å². The molecule has 9 nitrogen and oxygen atoms in total. The highest BCUT2D eigenvalue weighted by molar-refractivity contribution is 5.88. The van der Waals surface area contributed by atoms with Crippen molar-refractivity contribution in [1.29, 1.82) is 0 Å². The van der Waals surface area contributed by atoms with Crippen LogP contribution in [0.2, 0.25) is 0 Å². The second-order valence-corrected chi connectivity index (χ2v) is 3.91. The molecule has 0 bridgehead atoms. The SMILES string of the molecule is CCOC(=O)c1nnn(Cc2nnc(CC)o2)c1CN. The standard InChI is InChI=1S/C11H16N6O3/c1-3-8-13-14-9(20-8)6-17-7(5-12)10(15-16-17)11(18)19-4-2/h3-6,12H2,1-2H3. The molecule has 0 amide bonds. The molecule has 0 atom stereocenters. The summed E-state index contributed by atoms with van der Waals surface area (Å²) in [7, 11) is 0. The minimum atomic E-state index is -0.543. The number of hydrogen-bond donors (Lipinski definition) is 1. The minimum absolute atomic E-state index is 0.107. The van der Waals surface area contributed by atoms with Gasteiger partial charge in [-0.25, -0.2) is 9.48 Å². The number of rotatable bonds is 6. The Morgan fingerprint density at radius 3 is 2.65 bits per heavy atom. The Kier molecular flexibility index (Phi) is 4.41. The highest BCUT2D eigenvalue weighted by Crippen LogP contribution is 2.09. The third-order valence-corrected chi connectivity index (χ3v) is 2.60. The van der Waals surface area contributed by atoms with E-state index >= 15 is 0 Å². The van der Waals surface area contributed by atoms with E-state index in [1.807, 2.05) is 6.92 Å². The van der Waals surface area contributed by atoms with Crippen molar-refractivity contribution >= 4 is 5.97 Å². The molecule has 0 radical (unpaired) electrons. The molecule has 2 N–H and O–H groups in total. The van der Waals surface area contributed by atoms with Crippen LogP contribution in [0.25, 0.3) is 0 Å². The van der Waals surface area contributed by atoms with E-state index in [2.05, 4.69) is 20.5 Å². The maximum absolute atomic E-state index is 11.7. The predicted molar refractivity (Wildman–Crippen MR) is 66.6 cm³/mol. The Hall–Kier alpha value is -2.29. The predicted octanol–water partition coefficient (Wildman–Crippen LogP) is -0.0928. The van der Waals surface area contributed by atoms with Crippen LogP contribution in [0.3, 0.4) is 0 Å². The van der Waals surface area contributed by atoms with Crippen LogP contribution >= 0.6 is 0 Å². The van der Waals surface area contributed by atoms with Gasteiger partial charge >= 0.3 is 5.97 Å². The smallest absolute Gasteiger partial charge is 0.360 e. The first-order valence-electron chi connectivity index (χ1n) is 6.30. The number of hydrogen-bond acceptors (Lipinski definition) is 8. The van der Waals surface area contributed by atoms with Crippen molar-refractivity contribution < 1.29 is 13.9 Å². The van der Waals surface area contributed by atoms with Crippen molar-refractivity contribution in [3.63, 3.8) is 0 Å². The maximum Gasteiger partial charge on any atom is 0.360 e. The average molecular weight is 280 g/mol. The number of nitrogens with zero attached hydrogens (tertiary/aromatic N) is 5. The van der Waals surface area contributed by atoms with Crippen molar-refractivity contribution in [3.05, 3.63) is 23.2 Å². The lowest BCUT2D eigenvalue weighted by molar-refractivity contribution is 0.0518. The van der Waals surface area contributed by atoms with Gasteiger partial charge in [0.15, 0.2) is 5.69 Å². The van der Waals surface area contributed by atoms with Crippen molar-refractivity contribution in [2.75, 3.05) is 6.61 Å². The molecule has 9 heteroatoms. The Bertz CT molecular complexity index is 591. The van der Waals surface area contributed by atoms with Gasteiger partial charge in [0.05, 0.1) is 12.3 Å². The zero-order valence-corrected chi connectivity index (χ0v) is 11.4. The van der Waals surface area contributed by atoms with Crippen LogP contribution in [0.15, 0.2) is 4.42 Å². The van der Waals surface area contributed by atoms with Crippen LogP contribution in [-0.4, -0.2) is 37.8 Å². The number of esters is 1. The van der Waals surface area contributed by atoms with Gasteiger partial charge in [0.2, 0.25) is 11.8 Å². The van der Waals surface area contributed by atoms with E-state index in [0.717, 1.165) is 0 Å². The number of aromatic nitrogens is 5. The largest absolute Gasteiger partial charge is 0.461 e. The summed E-state index contributed by atoms with van der Waals surface area (Å²) >= 11 is 0. The van der Waals surface area contributed by atoms with E-state index in [4.69, 9.17) is 14.9 Å². The fourth-order valence-electron chi connectivity index (χ4n) is 1.64. The summed E-state index contributed by atoms with van der Waals surface area (Å²) in [6.45, 7) is 4.22. The molecule has 2 aromatic heterocycles. The van der Waals surface area contributed by atoms with Crippen LogP contribution in [0.4, 0.5) is 0 Å². The van der Waals surface area contributed by atoms with Gasteiger partial charge in [0.25, 0.3) is 0 Å². The molecular formula is C11H16N6O3. The number of carbonyl (C=O) groups is 1. The molecule has 0 fully saturated rings. The summed E-state index contributed by atoms with van der Waals surface area (Å²) in [5, 5.41) is 15.4. The first-order chi connectivity index (χ1) is 9.69. The van der Waals surface area contributed by atoms with Crippen LogP contribution in [0.5, 0.6) is 0 Å². The maximum atomic E-state index is 11.7. The molecule has 0 unspecified atom stereocenters.